The van der Waals surface area contributed by atoms with Crippen molar-refractivity contribution < 1.29 is 37.1 Å². The van der Waals surface area contributed by atoms with Crippen LogP contribution in [-0.4, -0.2) is 107 Å². The number of hydrogen-bond acceptors (Lipinski definition) is 17. The average molecular weight is 721 g/mol. The van der Waals surface area contributed by atoms with Gasteiger partial charge in [0.25, 0.3) is 11.1 Å². The van der Waals surface area contributed by atoms with Crippen LogP contribution in [0, 0.1) is 0 Å². The average Bonchev–Trinajstić information content (AvgIpc) is 3.72. The number of hydrogen-bond donors (Lipinski definition) is 7. The van der Waals surface area contributed by atoms with Crippen LogP contribution in [0.3, 0.4) is 0 Å². The zero-order valence-corrected chi connectivity index (χ0v) is 26.9. The molecule has 3 fully saturated rings. The molecule has 7 N–H and O–H groups in total. The Morgan fingerprint density at radius 1 is 0.870 bits per heavy atom. The number of halogens is 1. The van der Waals surface area contributed by atoms with Crippen LogP contribution in [0.25, 0.3) is 22.3 Å². The molecule has 24 heteroatoms. The number of nitrogen functional groups attached to an aromatic ring is 2. The second kappa shape index (κ2) is 11.4. The lowest BCUT2D eigenvalue weighted by molar-refractivity contribution is -0.0521. The number of fused-ring (bicyclic) bond motifs is 4. The fourth-order valence-electron chi connectivity index (χ4n) is 5.47. The van der Waals surface area contributed by atoms with Crippen molar-refractivity contribution >= 4 is 84.4 Å². The molecule has 248 valence electrons. The van der Waals surface area contributed by atoms with E-state index in [4.69, 9.17) is 39.0 Å². The van der Waals surface area contributed by atoms with Crippen molar-refractivity contribution in [2.45, 2.75) is 49.1 Å². The maximum Gasteiger partial charge on any atom is 0.280 e. The summed E-state index contributed by atoms with van der Waals surface area (Å²) in [7, 11) is 0. The lowest BCUT2D eigenvalue weighted by Crippen LogP contribution is -2.37. The first-order valence-corrected chi connectivity index (χ1v) is 19.3. The highest BCUT2D eigenvalue weighted by Gasteiger charge is 2.52. The molecule has 7 rings (SSSR count). The Morgan fingerprint density at radius 3 is 1.87 bits per heavy atom. The van der Waals surface area contributed by atoms with Gasteiger partial charge < -0.3 is 44.1 Å². The molecule has 0 spiro atoms. The predicted octanol–water partition coefficient (Wildman–Crippen LogP) is -0.0230. The zero-order valence-electron chi connectivity index (χ0n) is 23.3. The van der Waals surface area contributed by atoms with Gasteiger partial charge in [-0.1, -0.05) is 24.5 Å². The van der Waals surface area contributed by atoms with E-state index in [1.54, 1.807) is 0 Å². The van der Waals surface area contributed by atoms with Gasteiger partial charge >= 0.3 is 0 Å². The van der Waals surface area contributed by atoms with Crippen LogP contribution in [0.2, 0.25) is 0 Å². The smallest absolute Gasteiger partial charge is 0.280 e. The molecule has 1 unspecified atom stereocenters. The molecule has 3 aliphatic rings. The fourth-order valence-corrected chi connectivity index (χ4v) is 8.68. The van der Waals surface area contributed by atoms with Crippen molar-refractivity contribution in [2.24, 2.45) is 0 Å². The topological polar surface area (TPSA) is 255 Å². The van der Waals surface area contributed by atoms with Crippen LogP contribution in [0.1, 0.15) is 12.5 Å². The first-order chi connectivity index (χ1) is 21.7. The molecular formula is C22H27FN10O9P2S2. The molecule has 7 heterocycles. The Hall–Kier alpha value is -2.75. The number of anilines is 2. The normalized spacial score (nSPS) is 37.1. The van der Waals surface area contributed by atoms with Gasteiger partial charge in [-0.2, -0.15) is 9.97 Å². The van der Waals surface area contributed by atoms with Gasteiger partial charge in [-0.3, -0.25) is 28.7 Å². The van der Waals surface area contributed by atoms with Gasteiger partial charge in [-0.25, -0.2) is 14.4 Å². The van der Waals surface area contributed by atoms with E-state index in [0.29, 0.717) is 0 Å². The second-order valence-corrected chi connectivity index (χ2v) is 17.8. The summed E-state index contributed by atoms with van der Waals surface area (Å²) in [5.74, 6) is -0.365. The largest absolute Gasteiger partial charge is 0.386 e. The minimum Gasteiger partial charge on any atom is -0.386 e. The highest BCUT2D eigenvalue weighted by atomic mass is 32.7. The second-order valence-electron chi connectivity index (χ2n) is 10.6. The minimum absolute atomic E-state index is 0.0110. The Labute approximate surface area is 267 Å². The fraction of sp³-hybridized carbons (Fsp3) is 0.455. The highest BCUT2D eigenvalue weighted by Crippen LogP contribution is 2.60. The van der Waals surface area contributed by atoms with Gasteiger partial charge in [0.05, 0.1) is 25.9 Å². The van der Waals surface area contributed by atoms with Gasteiger partial charge in [0.15, 0.2) is 54.0 Å². The molecule has 46 heavy (non-hydrogen) atoms. The van der Waals surface area contributed by atoms with Crippen LogP contribution >= 0.6 is 37.6 Å². The molecule has 3 saturated heterocycles. The number of aliphatic hydroxyl groups is 1. The summed E-state index contributed by atoms with van der Waals surface area (Å²) in [6.07, 6.45) is -0.118. The molecule has 0 bridgehead atoms. The van der Waals surface area contributed by atoms with E-state index in [1.165, 1.54) is 21.8 Å². The lowest BCUT2D eigenvalue weighted by Gasteiger charge is -2.32. The zero-order chi connectivity index (χ0) is 32.7. The summed E-state index contributed by atoms with van der Waals surface area (Å²) >= 11 is 8.97. The molecule has 10 atom stereocenters. The van der Waals surface area contributed by atoms with Crippen LogP contribution < -0.4 is 22.6 Å². The molecular weight excluding hydrogens is 693 g/mol. The number of H-pyrrole nitrogens is 2. The standard InChI is InChI=1S/C22H27FN10O9P2S2/c1-43(45)38-4-8-14(12(34)20(40-8)33-6-27-11-16(33)29-22(25)31-18(11)36)42-44(2,46)37-3-7-13(41-43)9(23)19(39-7)32-5-26-10-15(32)28-21(24)30-17(10)35/h5-9,12-14,19-20,34,45-46H,1-4H2,(H3,24,28,30,35)(H3,25,29,31,36)/t7-,8+,9+,12+,13-,14+,19-,20?,43-,44-/m0/s1. The van der Waals surface area contributed by atoms with Gasteiger partial charge in [0.1, 0.15) is 30.5 Å². The van der Waals surface area contributed by atoms with E-state index in [9.17, 15) is 14.7 Å². The van der Waals surface area contributed by atoms with Crippen molar-refractivity contribution in [2.75, 3.05) is 24.7 Å². The van der Waals surface area contributed by atoms with Crippen molar-refractivity contribution in [3.63, 3.8) is 0 Å². The van der Waals surface area contributed by atoms with E-state index in [0.717, 1.165) is 0 Å². The molecule has 4 aromatic rings. The molecule has 0 aliphatic carbocycles. The first kappa shape index (κ1) is 31.8. The summed E-state index contributed by atoms with van der Waals surface area (Å²) in [5, 5.41) is 11.4. The number of aliphatic hydroxyl groups excluding tert-OH is 1. The highest BCUT2D eigenvalue weighted by molar-refractivity contribution is 8.48. The van der Waals surface area contributed by atoms with Crippen molar-refractivity contribution in [3.8, 4) is 0 Å². The molecule has 4 aromatic heterocycles. The molecule has 0 amide bonds. The van der Waals surface area contributed by atoms with E-state index in [1.807, 2.05) is 0 Å². The number of ether oxygens (including phenoxy) is 2. The minimum atomic E-state index is -3.38. The number of aromatic amines is 2. The molecule has 0 aromatic carbocycles. The SMILES string of the molecule is C=[P@]1(S)OC[C@H]2OC(n3cnc4c(=O)[nH]c(N)nc43)[C@H](O)[C@@H]2O[P@@](=C)(S)OC[C@@H]2O[C@H](n3cnc4c(=O)[nH]c(N)nc43)[C@H](F)[C@H]2O1. The molecule has 19 nitrogen and oxygen atoms in total. The Kier molecular flexibility index (Phi) is 7.92. The Morgan fingerprint density at radius 2 is 1.33 bits per heavy atom. The summed E-state index contributed by atoms with van der Waals surface area (Å²) in [5.41, 5.74) is 10.2. The van der Waals surface area contributed by atoms with Crippen LogP contribution in [-0.2, 0) is 27.6 Å². The number of thiol groups is 2. The van der Waals surface area contributed by atoms with Gasteiger partial charge in [0.2, 0.25) is 11.9 Å². The van der Waals surface area contributed by atoms with E-state index in [2.05, 4.69) is 67.0 Å². The van der Waals surface area contributed by atoms with Crippen molar-refractivity contribution in [1.82, 2.24) is 39.0 Å². The summed E-state index contributed by atoms with van der Waals surface area (Å²) in [4.78, 5) is 45.6. The predicted molar refractivity (Wildman–Crippen MR) is 172 cm³/mol. The summed E-state index contributed by atoms with van der Waals surface area (Å²) in [6.45, 7) is -7.36. The number of aromatic nitrogens is 8. The van der Waals surface area contributed by atoms with Gasteiger partial charge in [-0.15, -0.1) is 0 Å². The maximum atomic E-state index is 16.2. The first-order valence-electron chi connectivity index (χ1n) is 13.4. The number of rotatable bonds is 2. The van der Waals surface area contributed by atoms with Gasteiger partial charge in [-0.05, 0) is 12.6 Å². The number of nitrogens with two attached hydrogens (primary N) is 2. The van der Waals surface area contributed by atoms with E-state index in [-0.39, 0.29) is 47.4 Å². The van der Waals surface area contributed by atoms with Crippen molar-refractivity contribution in [3.05, 3.63) is 33.4 Å². The quantitative estimate of drug-likeness (QED) is 0.106. The third kappa shape index (κ3) is 5.60. The summed E-state index contributed by atoms with van der Waals surface area (Å²) in [6, 6.07) is 0. The third-order valence-corrected chi connectivity index (χ3v) is 11.0. The van der Waals surface area contributed by atoms with E-state index < -0.39 is 73.3 Å². The lowest BCUT2D eigenvalue weighted by atomic mass is 10.1. The third-order valence-electron chi connectivity index (χ3n) is 7.48. The Bertz CT molecular complexity index is 1920. The van der Waals surface area contributed by atoms with Crippen molar-refractivity contribution in [1.29, 1.82) is 0 Å². The monoisotopic (exact) mass is 720 g/mol. The van der Waals surface area contributed by atoms with Gasteiger partial charge in [0, 0.05) is 0 Å². The Balaban J connectivity index is 1.18. The molecule has 0 radical (unpaired) electrons. The maximum absolute atomic E-state index is 16.2. The molecule has 3 aliphatic heterocycles. The van der Waals surface area contributed by atoms with Crippen LogP contribution in [0.5, 0.6) is 0 Å². The number of imidazole rings is 2. The van der Waals surface area contributed by atoms with Crippen LogP contribution in [0.15, 0.2) is 22.2 Å². The van der Waals surface area contributed by atoms with E-state index >= 15 is 4.39 Å². The number of nitrogens with one attached hydrogen (secondary N) is 2. The number of nitrogens with zero attached hydrogens (tertiary/aromatic N) is 6. The van der Waals surface area contributed by atoms with Crippen LogP contribution in [0.4, 0.5) is 16.3 Å². The molecule has 0 saturated carbocycles. The number of alkyl halides is 1. The summed E-state index contributed by atoms with van der Waals surface area (Å²) < 4.78 is 54.8.